The number of nitrogens with zero attached hydrogens (tertiary/aromatic N) is 1. The fourth-order valence-corrected chi connectivity index (χ4v) is 3.37. The Bertz CT molecular complexity index is 1060. The van der Waals surface area contributed by atoms with Crippen LogP contribution in [0.1, 0.15) is 31.9 Å². The molecule has 1 amide bonds. The predicted molar refractivity (Wildman–Crippen MR) is 117 cm³/mol. The van der Waals surface area contributed by atoms with Gasteiger partial charge in [0.2, 0.25) is 5.91 Å². The first-order chi connectivity index (χ1) is 13.4. The van der Waals surface area contributed by atoms with Crippen molar-refractivity contribution in [1.29, 1.82) is 0 Å². The highest BCUT2D eigenvalue weighted by Gasteiger charge is 2.21. The van der Waals surface area contributed by atoms with Crippen molar-refractivity contribution < 1.29 is 4.79 Å². The lowest BCUT2D eigenvalue weighted by atomic mass is 9.95. The van der Waals surface area contributed by atoms with Crippen molar-refractivity contribution in [3.63, 3.8) is 0 Å². The Morgan fingerprint density at radius 1 is 1.00 bits per heavy atom. The van der Waals surface area contributed by atoms with Crippen LogP contribution in [0.15, 0.2) is 65.7 Å². The van der Waals surface area contributed by atoms with Gasteiger partial charge in [0.1, 0.15) is 0 Å². The van der Waals surface area contributed by atoms with Crippen LogP contribution in [-0.2, 0) is 4.79 Å². The number of rotatable bonds is 2. The van der Waals surface area contributed by atoms with Crippen LogP contribution in [0, 0.1) is 5.41 Å². The van der Waals surface area contributed by atoms with Gasteiger partial charge in [-0.15, -0.1) is 0 Å². The number of aliphatic imine (C=N–C) groups is 1. The van der Waals surface area contributed by atoms with E-state index in [2.05, 4.69) is 47.0 Å². The van der Waals surface area contributed by atoms with Gasteiger partial charge in [-0.1, -0.05) is 69.3 Å². The second kappa shape index (κ2) is 7.12. The van der Waals surface area contributed by atoms with Crippen molar-refractivity contribution in [1.82, 2.24) is 0 Å². The number of nitrogens with one attached hydrogen (secondary N) is 2. The summed E-state index contributed by atoms with van der Waals surface area (Å²) in [7, 11) is 0. The highest BCUT2D eigenvalue weighted by molar-refractivity contribution is 6.19. The second-order valence-electron chi connectivity index (χ2n) is 8.15. The fourth-order valence-electron chi connectivity index (χ4n) is 3.37. The summed E-state index contributed by atoms with van der Waals surface area (Å²) in [6.45, 7) is 7.26. The van der Waals surface area contributed by atoms with Crippen LogP contribution in [0.2, 0.25) is 0 Å². The molecule has 3 aromatic carbocycles. The predicted octanol–water partition coefficient (Wildman–Crippen LogP) is 5.09. The topological polar surface area (TPSA) is 53.5 Å². The molecule has 142 valence electrons. The van der Waals surface area contributed by atoms with E-state index in [9.17, 15) is 4.79 Å². The Kier molecular flexibility index (Phi) is 4.63. The van der Waals surface area contributed by atoms with Crippen LogP contribution in [-0.4, -0.2) is 24.7 Å². The van der Waals surface area contributed by atoms with Crippen LogP contribution in [0.3, 0.4) is 0 Å². The molecule has 0 aromatic heterocycles. The first kappa shape index (κ1) is 18.2. The number of hydrogen-bond acceptors (Lipinski definition) is 3. The Morgan fingerprint density at radius 2 is 1.75 bits per heavy atom. The van der Waals surface area contributed by atoms with E-state index in [0.29, 0.717) is 0 Å². The molecule has 0 radical (unpaired) electrons. The molecule has 0 atom stereocenters. The second-order valence-corrected chi connectivity index (χ2v) is 8.15. The summed E-state index contributed by atoms with van der Waals surface area (Å²) in [4.78, 5) is 17.0. The molecule has 0 unspecified atom stereocenters. The summed E-state index contributed by atoms with van der Waals surface area (Å²) >= 11 is 0. The van der Waals surface area contributed by atoms with Crippen molar-refractivity contribution in [3.8, 4) is 0 Å². The van der Waals surface area contributed by atoms with E-state index in [1.54, 1.807) is 0 Å². The largest absolute Gasteiger partial charge is 0.382 e. The molecule has 4 heteroatoms. The van der Waals surface area contributed by atoms with Gasteiger partial charge in [0.05, 0.1) is 17.9 Å². The maximum atomic E-state index is 12.2. The van der Waals surface area contributed by atoms with Crippen LogP contribution in [0.5, 0.6) is 0 Å². The SMILES string of the molecule is CC(C)(C)C(=O)Nc1ccc(C2=NCCNc3c2ccc2ccccc32)cc1. The zero-order valence-electron chi connectivity index (χ0n) is 16.5. The number of hydrogen-bond donors (Lipinski definition) is 2. The van der Waals surface area contributed by atoms with Crippen molar-refractivity contribution in [2.45, 2.75) is 20.8 Å². The third kappa shape index (κ3) is 3.50. The van der Waals surface area contributed by atoms with E-state index >= 15 is 0 Å². The zero-order chi connectivity index (χ0) is 19.7. The first-order valence-corrected chi connectivity index (χ1v) is 9.66. The van der Waals surface area contributed by atoms with Gasteiger partial charge in [0, 0.05) is 34.2 Å². The average Bonchev–Trinajstić information content (AvgIpc) is 2.90. The van der Waals surface area contributed by atoms with Crippen molar-refractivity contribution in [2.24, 2.45) is 10.4 Å². The Labute approximate surface area is 165 Å². The van der Waals surface area contributed by atoms with Crippen LogP contribution in [0.4, 0.5) is 11.4 Å². The summed E-state index contributed by atoms with van der Waals surface area (Å²) in [6.07, 6.45) is 0. The minimum atomic E-state index is -0.421. The van der Waals surface area contributed by atoms with E-state index < -0.39 is 5.41 Å². The molecule has 0 bridgehead atoms. The lowest BCUT2D eigenvalue weighted by molar-refractivity contribution is -0.123. The third-order valence-corrected chi connectivity index (χ3v) is 4.97. The standard InChI is InChI=1S/C24H25N3O/c1-24(2,3)23(28)27-18-11-8-17(9-12-18)21-20-13-10-16-6-4-5-7-19(16)22(20)26-15-14-25-21/h4-13,26H,14-15H2,1-3H3,(H,27,28). The maximum Gasteiger partial charge on any atom is 0.229 e. The molecule has 2 N–H and O–H groups in total. The van der Waals surface area contributed by atoms with Crippen molar-refractivity contribution in [3.05, 3.63) is 71.8 Å². The molecule has 0 fully saturated rings. The van der Waals surface area contributed by atoms with E-state index in [1.165, 1.54) is 10.8 Å². The molecule has 0 aliphatic carbocycles. The van der Waals surface area contributed by atoms with Gasteiger partial charge in [-0.3, -0.25) is 9.79 Å². The minimum Gasteiger partial charge on any atom is -0.382 e. The minimum absolute atomic E-state index is 0.00747. The monoisotopic (exact) mass is 371 g/mol. The Morgan fingerprint density at radius 3 is 2.50 bits per heavy atom. The quantitative estimate of drug-likeness (QED) is 0.659. The normalized spacial score (nSPS) is 13.9. The summed E-state index contributed by atoms with van der Waals surface area (Å²) < 4.78 is 0. The first-order valence-electron chi connectivity index (χ1n) is 9.66. The van der Waals surface area contributed by atoms with Crippen molar-refractivity contribution >= 4 is 33.8 Å². The summed E-state index contributed by atoms with van der Waals surface area (Å²) in [5.74, 6) is 0.00747. The molecule has 0 saturated carbocycles. The van der Waals surface area contributed by atoms with Crippen LogP contribution < -0.4 is 10.6 Å². The number of anilines is 2. The number of amides is 1. The number of carbonyl (C=O) groups is 1. The van der Waals surface area contributed by atoms with Gasteiger partial charge >= 0.3 is 0 Å². The van der Waals surface area contributed by atoms with Gasteiger partial charge in [-0.25, -0.2) is 0 Å². The molecule has 4 nitrogen and oxygen atoms in total. The van der Waals surface area contributed by atoms with Crippen LogP contribution >= 0.6 is 0 Å². The number of fused-ring (bicyclic) bond motifs is 3. The van der Waals surface area contributed by atoms with E-state index in [4.69, 9.17) is 4.99 Å². The third-order valence-electron chi connectivity index (χ3n) is 4.97. The molecule has 3 aromatic rings. The average molecular weight is 371 g/mol. The Hall–Kier alpha value is -3.14. The summed E-state index contributed by atoms with van der Waals surface area (Å²) in [5.41, 5.74) is 4.67. The highest BCUT2D eigenvalue weighted by atomic mass is 16.2. The molecule has 0 spiro atoms. The molecule has 1 aliphatic heterocycles. The molecular formula is C24H25N3O. The summed E-state index contributed by atoms with van der Waals surface area (Å²) in [6, 6.07) is 20.6. The summed E-state index contributed by atoms with van der Waals surface area (Å²) in [5, 5.41) is 8.96. The lowest BCUT2D eigenvalue weighted by Gasteiger charge is -2.18. The van der Waals surface area contributed by atoms with E-state index in [1.807, 2.05) is 45.0 Å². The smallest absolute Gasteiger partial charge is 0.229 e. The highest BCUT2D eigenvalue weighted by Crippen LogP contribution is 2.31. The van der Waals surface area contributed by atoms with Gasteiger partial charge in [0.25, 0.3) is 0 Å². The van der Waals surface area contributed by atoms with Gasteiger partial charge < -0.3 is 10.6 Å². The molecule has 0 saturated heterocycles. The molecule has 1 aliphatic rings. The molecule has 4 rings (SSSR count). The van der Waals surface area contributed by atoms with Crippen molar-refractivity contribution in [2.75, 3.05) is 23.7 Å². The van der Waals surface area contributed by atoms with E-state index in [-0.39, 0.29) is 5.91 Å². The maximum absolute atomic E-state index is 12.2. The van der Waals surface area contributed by atoms with Gasteiger partial charge in [-0.2, -0.15) is 0 Å². The zero-order valence-corrected chi connectivity index (χ0v) is 16.5. The van der Waals surface area contributed by atoms with Gasteiger partial charge in [0.15, 0.2) is 0 Å². The van der Waals surface area contributed by atoms with E-state index in [0.717, 1.165) is 41.3 Å². The number of benzene rings is 3. The van der Waals surface area contributed by atoms with Crippen LogP contribution in [0.25, 0.3) is 10.8 Å². The molecular weight excluding hydrogens is 346 g/mol. The lowest BCUT2D eigenvalue weighted by Crippen LogP contribution is -2.27. The Balaban J connectivity index is 1.69. The fraction of sp³-hybridized carbons (Fsp3) is 0.250. The van der Waals surface area contributed by atoms with Gasteiger partial charge in [-0.05, 0) is 17.5 Å². The number of carbonyl (C=O) groups excluding carboxylic acids is 1. The molecule has 28 heavy (non-hydrogen) atoms. The molecule has 1 heterocycles.